The number of nitrogens with one attached hydrogen (secondary N) is 1. The number of carbonyl (C=O) groups is 4. The van der Waals surface area contributed by atoms with Crippen LogP contribution in [0.1, 0.15) is 65.2 Å². The molecule has 47 heavy (non-hydrogen) atoms. The van der Waals surface area contributed by atoms with Gasteiger partial charge in [-0.25, -0.2) is 9.59 Å². The SMILES string of the molecule is CC(C)(C)OC(=O)N1CC(C(=O)O)C1.Cc1ccc(CN)cc1.Cc1ccc(CNC(=O)C2CN(C(=O)OC(C)(C)C)C2)cc1.[2H]CF. The van der Waals surface area contributed by atoms with E-state index in [4.69, 9.17) is 21.7 Å². The molecular weight excluding hydrogens is 607 g/mol. The van der Waals surface area contributed by atoms with Crippen molar-refractivity contribution in [1.29, 1.82) is 0 Å². The summed E-state index contributed by atoms with van der Waals surface area (Å²) >= 11 is 0. The molecule has 0 unspecified atom stereocenters. The number of carbonyl (C=O) groups excluding carboxylic acids is 3. The number of amides is 3. The minimum atomic E-state index is -1.00. The number of alkyl halides is 1. The molecule has 0 atom stereocenters. The molecule has 0 aliphatic carbocycles. The molecule has 0 spiro atoms. The Morgan fingerprint density at radius 1 is 0.809 bits per heavy atom. The number of nitrogens with two attached hydrogens (primary N) is 1. The lowest BCUT2D eigenvalue weighted by Gasteiger charge is -2.38. The number of carboxylic acid groups (broad SMARTS) is 1. The molecule has 2 aromatic carbocycles. The summed E-state index contributed by atoms with van der Waals surface area (Å²) in [5.41, 5.74) is 9.12. The molecule has 2 aliphatic heterocycles. The van der Waals surface area contributed by atoms with Crippen molar-refractivity contribution in [2.45, 2.75) is 79.7 Å². The fourth-order valence-electron chi connectivity index (χ4n) is 3.99. The number of ether oxygens (including phenoxy) is 2. The average molecular weight is 662 g/mol. The Morgan fingerprint density at radius 3 is 1.51 bits per heavy atom. The molecular formula is C35H53FN4O7. The zero-order valence-electron chi connectivity index (χ0n) is 30.0. The Balaban J connectivity index is 0.000000377. The molecule has 2 saturated heterocycles. The molecule has 4 rings (SSSR count). The molecule has 12 heteroatoms. The summed E-state index contributed by atoms with van der Waals surface area (Å²) < 4.78 is 25.8. The van der Waals surface area contributed by atoms with E-state index in [1.807, 2.05) is 52.0 Å². The average Bonchev–Trinajstić information content (AvgIpc) is 2.90. The van der Waals surface area contributed by atoms with E-state index >= 15 is 0 Å². The van der Waals surface area contributed by atoms with Crippen molar-refractivity contribution in [3.8, 4) is 0 Å². The Hall–Kier alpha value is -4.19. The summed E-state index contributed by atoms with van der Waals surface area (Å²) in [5.74, 6) is -1.44. The van der Waals surface area contributed by atoms with E-state index in [1.165, 1.54) is 21.6 Å². The van der Waals surface area contributed by atoms with Gasteiger partial charge in [-0.15, -0.1) is 0 Å². The lowest BCUT2D eigenvalue weighted by atomic mass is 10.00. The summed E-state index contributed by atoms with van der Waals surface area (Å²) in [6.07, 6.45) is -0.787. The maximum Gasteiger partial charge on any atom is 0.410 e. The number of halogens is 1. The predicted molar refractivity (Wildman–Crippen MR) is 179 cm³/mol. The van der Waals surface area contributed by atoms with Gasteiger partial charge in [0.1, 0.15) is 11.2 Å². The van der Waals surface area contributed by atoms with Crippen molar-refractivity contribution in [3.05, 3.63) is 70.8 Å². The van der Waals surface area contributed by atoms with Crippen LogP contribution in [0.15, 0.2) is 48.5 Å². The maximum atomic E-state index is 12.0. The summed E-state index contributed by atoms with van der Waals surface area (Å²) in [4.78, 5) is 48.5. The third-order valence-corrected chi connectivity index (χ3v) is 6.73. The molecule has 262 valence electrons. The number of benzene rings is 2. The first kappa shape index (κ1) is 39.0. The Kier molecular flexibility index (Phi) is 15.6. The topological polar surface area (TPSA) is 152 Å². The second kappa shape index (κ2) is 18.8. The van der Waals surface area contributed by atoms with E-state index in [9.17, 15) is 23.6 Å². The molecule has 0 radical (unpaired) electrons. The number of hydrogen-bond donors (Lipinski definition) is 3. The van der Waals surface area contributed by atoms with E-state index in [0.29, 0.717) is 26.2 Å². The number of aliphatic carboxylic acids is 1. The summed E-state index contributed by atoms with van der Waals surface area (Å²) in [5, 5.41) is 11.5. The largest absolute Gasteiger partial charge is 0.481 e. The second-order valence-electron chi connectivity index (χ2n) is 13.4. The lowest BCUT2D eigenvalue weighted by molar-refractivity contribution is -0.146. The number of likely N-dealkylation sites (tertiary alicyclic amines) is 2. The Morgan fingerprint density at radius 2 is 1.17 bits per heavy atom. The number of rotatable bonds is 5. The minimum Gasteiger partial charge on any atom is -0.481 e. The normalized spacial score (nSPS) is 14.6. The van der Waals surface area contributed by atoms with Crippen LogP contribution >= 0.6 is 0 Å². The molecule has 0 saturated carbocycles. The van der Waals surface area contributed by atoms with Crippen LogP contribution in [0, 0.1) is 25.7 Å². The monoisotopic (exact) mass is 661 g/mol. The van der Waals surface area contributed by atoms with Crippen LogP contribution < -0.4 is 11.1 Å². The van der Waals surface area contributed by atoms with Gasteiger partial charge in [0.15, 0.2) is 0 Å². The zero-order chi connectivity index (χ0) is 36.7. The fraction of sp³-hybridized carbons (Fsp3) is 0.543. The first-order valence-electron chi connectivity index (χ1n) is 16.1. The smallest absolute Gasteiger partial charge is 0.410 e. The number of carboxylic acids is 1. The van der Waals surface area contributed by atoms with Gasteiger partial charge in [-0.05, 0) is 66.5 Å². The van der Waals surface area contributed by atoms with E-state index in [1.54, 1.807) is 25.7 Å². The third kappa shape index (κ3) is 15.8. The lowest BCUT2D eigenvalue weighted by Crippen LogP contribution is -2.56. The highest BCUT2D eigenvalue weighted by atomic mass is 19.1. The van der Waals surface area contributed by atoms with Gasteiger partial charge >= 0.3 is 18.2 Å². The number of hydrogen-bond acceptors (Lipinski definition) is 7. The number of aryl methyl sites for hydroxylation is 2. The summed E-state index contributed by atoms with van der Waals surface area (Å²) in [6.45, 7) is 17.4. The maximum absolute atomic E-state index is 12.0. The highest BCUT2D eigenvalue weighted by molar-refractivity contribution is 5.82. The van der Waals surface area contributed by atoms with Gasteiger partial charge in [-0.2, -0.15) is 0 Å². The van der Waals surface area contributed by atoms with E-state index < -0.39 is 36.3 Å². The summed E-state index contributed by atoms with van der Waals surface area (Å²) in [7, 11) is -1.00. The van der Waals surface area contributed by atoms with Gasteiger partial charge < -0.3 is 35.4 Å². The molecule has 2 aliphatic rings. The molecule has 4 N–H and O–H groups in total. The van der Waals surface area contributed by atoms with Gasteiger partial charge in [0.05, 0.1) is 20.4 Å². The van der Waals surface area contributed by atoms with Crippen molar-refractivity contribution in [2.24, 2.45) is 17.6 Å². The van der Waals surface area contributed by atoms with E-state index in [2.05, 4.69) is 36.5 Å². The molecule has 2 fully saturated rings. The summed E-state index contributed by atoms with van der Waals surface area (Å²) in [6, 6.07) is 16.3. The first-order chi connectivity index (χ1) is 22.3. The van der Waals surface area contributed by atoms with Crippen LogP contribution in [0.4, 0.5) is 14.0 Å². The van der Waals surface area contributed by atoms with Crippen molar-refractivity contribution in [2.75, 3.05) is 33.3 Å². The van der Waals surface area contributed by atoms with Gasteiger partial charge in [0, 0.05) is 39.3 Å². The van der Waals surface area contributed by atoms with Crippen LogP contribution in [0.2, 0.25) is 0 Å². The van der Waals surface area contributed by atoms with Crippen molar-refractivity contribution in [3.63, 3.8) is 0 Å². The zero-order valence-corrected chi connectivity index (χ0v) is 29.0. The van der Waals surface area contributed by atoms with Crippen LogP contribution in [0.3, 0.4) is 0 Å². The molecule has 0 aromatic heterocycles. The first-order valence-corrected chi connectivity index (χ1v) is 15.4. The predicted octanol–water partition coefficient (Wildman–Crippen LogP) is 5.46. The van der Waals surface area contributed by atoms with Crippen LogP contribution in [-0.2, 0) is 32.2 Å². The molecule has 2 aromatic rings. The van der Waals surface area contributed by atoms with Crippen molar-refractivity contribution >= 4 is 24.1 Å². The number of nitrogens with zero attached hydrogens (tertiary/aromatic N) is 2. The van der Waals surface area contributed by atoms with Crippen molar-refractivity contribution < 1.29 is 39.5 Å². The van der Waals surface area contributed by atoms with Crippen LogP contribution in [0.25, 0.3) is 0 Å². The van der Waals surface area contributed by atoms with Crippen molar-refractivity contribution in [1.82, 2.24) is 15.1 Å². The highest BCUT2D eigenvalue weighted by Gasteiger charge is 2.38. The van der Waals surface area contributed by atoms with Gasteiger partial charge in [-0.1, -0.05) is 59.7 Å². The van der Waals surface area contributed by atoms with Gasteiger partial charge in [0.25, 0.3) is 0 Å². The van der Waals surface area contributed by atoms with Gasteiger partial charge in [0.2, 0.25) is 5.91 Å². The third-order valence-electron chi connectivity index (χ3n) is 6.73. The minimum absolute atomic E-state index is 0.0135. The molecule has 0 bridgehead atoms. The molecule has 2 heterocycles. The van der Waals surface area contributed by atoms with E-state index in [0.717, 1.165) is 5.56 Å². The Bertz CT molecular complexity index is 1300. The standard InChI is InChI=1S/C17H24N2O3.C9H15NO4.C8H11N.CH3F/c1-12-5-7-13(8-6-12)9-18-15(20)14-10-19(11-14)16(21)22-17(2,3)4;1-9(2,3)14-8(13)10-4-6(5-10)7(11)12;1-7-2-4-8(6-9)5-3-7;1-2/h5-8,14H,9-11H2,1-4H3,(H,18,20);6H,4-5H2,1-3H3,(H,11,12);2-5H,6,9H2,1H3;1H3/i;;;1D. The molecule has 3 amide bonds. The molecule has 11 nitrogen and oxygen atoms in total. The van der Waals surface area contributed by atoms with E-state index in [-0.39, 0.29) is 31.0 Å². The van der Waals surface area contributed by atoms with Crippen LogP contribution in [-0.4, -0.2) is 83.5 Å². The van der Waals surface area contributed by atoms with Crippen LogP contribution in [0.5, 0.6) is 0 Å². The highest BCUT2D eigenvalue weighted by Crippen LogP contribution is 2.20. The fourth-order valence-corrected chi connectivity index (χ4v) is 3.99. The van der Waals surface area contributed by atoms with Gasteiger partial charge in [-0.3, -0.25) is 14.0 Å². The Labute approximate surface area is 280 Å². The quantitative estimate of drug-likeness (QED) is 0.383. The second-order valence-corrected chi connectivity index (χ2v) is 13.4.